The molecule has 0 aliphatic heterocycles. The zero-order valence-corrected chi connectivity index (χ0v) is 13.6. The van der Waals surface area contributed by atoms with E-state index in [0.717, 1.165) is 5.75 Å². The van der Waals surface area contributed by atoms with Crippen molar-refractivity contribution in [1.29, 1.82) is 0 Å². The van der Waals surface area contributed by atoms with Gasteiger partial charge in [-0.05, 0) is 43.3 Å². The molecule has 116 valence electrons. The van der Waals surface area contributed by atoms with Crippen LogP contribution in [-0.4, -0.2) is 19.1 Å². The maximum atomic E-state index is 12.1. The fraction of sp³-hybridized carbons (Fsp3) is 0.188. The lowest BCUT2D eigenvalue weighted by molar-refractivity contribution is -0.122. The van der Waals surface area contributed by atoms with Crippen LogP contribution >= 0.6 is 23.2 Å². The van der Waals surface area contributed by atoms with Crippen molar-refractivity contribution in [2.75, 3.05) is 12.4 Å². The first kappa shape index (κ1) is 16.5. The highest BCUT2D eigenvalue weighted by Gasteiger charge is 2.15. The standard InChI is InChI=1S/C16H15Cl2NO3/c1-10(22-13-7-8-14(17)15(18)9-13)16(20)19-11-3-5-12(21-2)6-4-11/h3-10H,1-2H3,(H,19,20). The molecule has 1 N–H and O–H groups in total. The van der Waals surface area contributed by atoms with E-state index in [1.54, 1.807) is 56.5 Å². The van der Waals surface area contributed by atoms with Crippen LogP contribution in [0.5, 0.6) is 11.5 Å². The minimum atomic E-state index is -0.681. The third kappa shape index (κ3) is 4.29. The van der Waals surface area contributed by atoms with Gasteiger partial charge in [-0.1, -0.05) is 23.2 Å². The van der Waals surface area contributed by atoms with Crippen molar-refractivity contribution in [3.05, 3.63) is 52.5 Å². The molecular weight excluding hydrogens is 325 g/mol. The second kappa shape index (κ2) is 7.38. The highest BCUT2D eigenvalue weighted by molar-refractivity contribution is 6.42. The smallest absolute Gasteiger partial charge is 0.265 e. The third-order valence-electron chi connectivity index (χ3n) is 2.93. The highest BCUT2D eigenvalue weighted by atomic mass is 35.5. The SMILES string of the molecule is COc1ccc(NC(=O)C(C)Oc2ccc(Cl)c(Cl)c2)cc1. The van der Waals surface area contributed by atoms with Gasteiger partial charge in [0.25, 0.3) is 5.91 Å². The predicted molar refractivity (Wildman–Crippen MR) is 88.2 cm³/mol. The Morgan fingerprint density at radius 1 is 1.05 bits per heavy atom. The summed E-state index contributed by atoms with van der Waals surface area (Å²) >= 11 is 11.7. The van der Waals surface area contributed by atoms with Crippen LogP contribution in [0.15, 0.2) is 42.5 Å². The Labute approximate surface area is 138 Å². The number of carbonyl (C=O) groups excluding carboxylic acids is 1. The number of rotatable bonds is 5. The van der Waals surface area contributed by atoms with Gasteiger partial charge in [-0.2, -0.15) is 0 Å². The van der Waals surface area contributed by atoms with Gasteiger partial charge < -0.3 is 14.8 Å². The van der Waals surface area contributed by atoms with E-state index in [0.29, 0.717) is 21.5 Å². The number of halogens is 2. The molecule has 2 aromatic rings. The summed E-state index contributed by atoms with van der Waals surface area (Å²) in [6, 6.07) is 11.9. The minimum Gasteiger partial charge on any atom is -0.497 e. The number of nitrogens with one attached hydrogen (secondary N) is 1. The summed E-state index contributed by atoms with van der Waals surface area (Å²) in [5.74, 6) is 0.932. The molecule has 0 aromatic heterocycles. The van der Waals surface area contributed by atoms with Gasteiger partial charge in [0.15, 0.2) is 6.10 Å². The van der Waals surface area contributed by atoms with E-state index in [2.05, 4.69) is 5.32 Å². The minimum absolute atomic E-state index is 0.267. The molecule has 0 aliphatic carbocycles. The van der Waals surface area contributed by atoms with Gasteiger partial charge in [0.1, 0.15) is 11.5 Å². The van der Waals surface area contributed by atoms with Crippen molar-refractivity contribution >= 4 is 34.8 Å². The van der Waals surface area contributed by atoms with Gasteiger partial charge in [0.2, 0.25) is 0 Å². The van der Waals surface area contributed by atoms with Crippen LogP contribution < -0.4 is 14.8 Å². The lowest BCUT2D eigenvalue weighted by atomic mass is 10.2. The van der Waals surface area contributed by atoms with Crippen LogP contribution in [0.4, 0.5) is 5.69 Å². The first-order valence-electron chi connectivity index (χ1n) is 6.56. The fourth-order valence-corrected chi connectivity index (χ4v) is 2.01. The Bertz CT molecular complexity index is 659. The molecule has 1 amide bonds. The monoisotopic (exact) mass is 339 g/mol. The molecule has 0 fully saturated rings. The molecule has 0 spiro atoms. The van der Waals surface area contributed by atoms with Crippen LogP contribution in [-0.2, 0) is 4.79 Å². The van der Waals surface area contributed by atoms with Gasteiger partial charge in [-0.25, -0.2) is 0 Å². The molecule has 0 saturated heterocycles. The van der Waals surface area contributed by atoms with E-state index >= 15 is 0 Å². The molecule has 2 aromatic carbocycles. The van der Waals surface area contributed by atoms with Crippen molar-refractivity contribution in [2.24, 2.45) is 0 Å². The quantitative estimate of drug-likeness (QED) is 0.877. The van der Waals surface area contributed by atoms with Crippen LogP contribution in [0.2, 0.25) is 10.0 Å². The third-order valence-corrected chi connectivity index (χ3v) is 3.67. The number of carbonyl (C=O) groups is 1. The average molecular weight is 340 g/mol. The van der Waals surface area contributed by atoms with Crippen LogP contribution in [0.1, 0.15) is 6.92 Å². The summed E-state index contributed by atoms with van der Waals surface area (Å²) in [7, 11) is 1.58. The summed E-state index contributed by atoms with van der Waals surface area (Å²) in [5.41, 5.74) is 0.662. The van der Waals surface area contributed by atoms with Gasteiger partial charge in [-0.3, -0.25) is 4.79 Å². The molecule has 0 saturated carbocycles. The van der Waals surface area contributed by atoms with Gasteiger partial charge in [0.05, 0.1) is 17.2 Å². The summed E-state index contributed by atoms with van der Waals surface area (Å²) in [6.45, 7) is 1.65. The van der Waals surface area contributed by atoms with Crippen LogP contribution in [0, 0.1) is 0 Å². The molecule has 4 nitrogen and oxygen atoms in total. The Hall–Kier alpha value is -1.91. The molecule has 0 radical (unpaired) electrons. The van der Waals surface area contributed by atoms with Crippen LogP contribution in [0.25, 0.3) is 0 Å². The van der Waals surface area contributed by atoms with Gasteiger partial charge in [-0.15, -0.1) is 0 Å². The lowest BCUT2D eigenvalue weighted by Crippen LogP contribution is -2.30. The number of hydrogen-bond acceptors (Lipinski definition) is 3. The molecular formula is C16H15Cl2NO3. The molecule has 1 unspecified atom stereocenters. The van der Waals surface area contributed by atoms with E-state index in [1.165, 1.54) is 0 Å². The van der Waals surface area contributed by atoms with Crippen LogP contribution in [0.3, 0.4) is 0 Å². The van der Waals surface area contributed by atoms with Gasteiger partial charge in [0, 0.05) is 11.8 Å². The molecule has 0 bridgehead atoms. The largest absolute Gasteiger partial charge is 0.497 e. The Morgan fingerprint density at radius 3 is 2.27 bits per heavy atom. The maximum absolute atomic E-state index is 12.1. The van der Waals surface area contributed by atoms with Gasteiger partial charge >= 0.3 is 0 Å². The lowest BCUT2D eigenvalue weighted by Gasteiger charge is -2.15. The summed E-state index contributed by atoms with van der Waals surface area (Å²) in [6.07, 6.45) is -0.681. The van der Waals surface area contributed by atoms with Crippen molar-refractivity contribution < 1.29 is 14.3 Å². The zero-order chi connectivity index (χ0) is 16.1. The van der Waals surface area contributed by atoms with E-state index in [9.17, 15) is 4.79 Å². The average Bonchev–Trinajstić information content (AvgIpc) is 2.51. The van der Waals surface area contributed by atoms with E-state index in [-0.39, 0.29) is 5.91 Å². The van der Waals surface area contributed by atoms with E-state index in [1.807, 2.05) is 0 Å². The van der Waals surface area contributed by atoms with E-state index < -0.39 is 6.10 Å². The first-order chi connectivity index (χ1) is 10.5. The summed E-state index contributed by atoms with van der Waals surface area (Å²) in [4.78, 5) is 12.1. The topological polar surface area (TPSA) is 47.6 Å². The molecule has 22 heavy (non-hydrogen) atoms. The molecule has 1 atom stereocenters. The molecule has 0 aliphatic rings. The fourth-order valence-electron chi connectivity index (χ4n) is 1.73. The highest BCUT2D eigenvalue weighted by Crippen LogP contribution is 2.27. The summed E-state index contributed by atoms with van der Waals surface area (Å²) in [5, 5.41) is 3.57. The Morgan fingerprint density at radius 2 is 1.68 bits per heavy atom. The number of anilines is 1. The second-order valence-electron chi connectivity index (χ2n) is 4.55. The molecule has 6 heteroatoms. The maximum Gasteiger partial charge on any atom is 0.265 e. The predicted octanol–water partition coefficient (Wildman–Crippen LogP) is 4.41. The Balaban J connectivity index is 1.97. The second-order valence-corrected chi connectivity index (χ2v) is 5.37. The number of ether oxygens (including phenoxy) is 2. The van der Waals surface area contributed by atoms with Crippen molar-refractivity contribution in [2.45, 2.75) is 13.0 Å². The van der Waals surface area contributed by atoms with Crippen molar-refractivity contribution in [1.82, 2.24) is 0 Å². The molecule has 0 heterocycles. The number of amides is 1. The number of methoxy groups -OCH3 is 1. The number of benzene rings is 2. The van der Waals surface area contributed by atoms with E-state index in [4.69, 9.17) is 32.7 Å². The van der Waals surface area contributed by atoms with Crippen molar-refractivity contribution in [3.63, 3.8) is 0 Å². The zero-order valence-electron chi connectivity index (χ0n) is 12.1. The Kier molecular flexibility index (Phi) is 5.52. The normalized spacial score (nSPS) is 11.6. The van der Waals surface area contributed by atoms with Crippen molar-refractivity contribution in [3.8, 4) is 11.5 Å². The summed E-state index contributed by atoms with van der Waals surface area (Å²) < 4.78 is 10.6. The molecule has 2 rings (SSSR count). The first-order valence-corrected chi connectivity index (χ1v) is 7.32. The number of hydrogen-bond donors (Lipinski definition) is 1.